The highest BCUT2D eigenvalue weighted by atomic mass is 16.2. The third-order valence-electron chi connectivity index (χ3n) is 5.74. The maximum atomic E-state index is 13.6. The van der Waals surface area contributed by atoms with E-state index in [1.807, 2.05) is 69.2 Å². The van der Waals surface area contributed by atoms with Crippen LogP contribution in [-0.4, -0.2) is 43.9 Å². The van der Waals surface area contributed by atoms with Crippen LogP contribution in [0.25, 0.3) is 5.57 Å². The maximum absolute atomic E-state index is 13.6. The van der Waals surface area contributed by atoms with Crippen molar-refractivity contribution in [2.45, 2.75) is 26.7 Å². The van der Waals surface area contributed by atoms with Crippen molar-refractivity contribution in [2.24, 2.45) is 0 Å². The molecule has 2 aromatic carbocycles. The Labute approximate surface area is 172 Å². The molecule has 0 aromatic heterocycles. The Morgan fingerprint density at radius 3 is 2.28 bits per heavy atom. The molecule has 4 rings (SSSR count). The first-order chi connectivity index (χ1) is 13.9. The molecule has 0 unspecified atom stereocenters. The molecule has 0 bridgehead atoms. The van der Waals surface area contributed by atoms with Gasteiger partial charge in [-0.2, -0.15) is 0 Å². The molecule has 0 aliphatic carbocycles. The molecule has 2 aliphatic heterocycles. The van der Waals surface area contributed by atoms with Crippen molar-refractivity contribution in [3.63, 3.8) is 0 Å². The highest BCUT2D eigenvalue weighted by Crippen LogP contribution is 2.38. The summed E-state index contributed by atoms with van der Waals surface area (Å²) in [5, 5.41) is 0. The van der Waals surface area contributed by atoms with Crippen LogP contribution in [0, 0.1) is 13.8 Å². The Morgan fingerprint density at radius 2 is 1.62 bits per heavy atom. The van der Waals surface area contributed by atoms with Crippen LogP contribution in [0.4, 0.5) is 11.4 Å². The van der Waals surface area contributed by atoms with Crippen molar-refractivity contribution in [1.29, 1.82) is 0 Å². The van der Waals surface area contributed by atoms with Crippen molar-refractivity contribution in [1.82, 2.24) is 4.90 Å². The Bertz CT molecular complexity index is 1020. The van der Waals surface area contributed by atoms with E-state index >= 15 is 0 Å². The molecule has 2 heterocycles. The van der Waals surface area contributed by atoms with Crippen LogP contribution in [0.15, 0.2) is 48.2 Å². The second kappa shape index (κ2) is 7.39. The van der Waals surface area contributed by atoms with E-state index in [1.165, 1.54) is 4.90 Å². The Kier molecular flexibility index (Phi) is 4.91. The van der Waals surface area contributed by atoms with Gasteiger partial charge < -0.3 is 9.80 Å². The lowest BCUT2D eigenvalue weighted by molar-refractivity contribution is -0.120. The van der Waals surface area contributed by atoms with E-state index in [0.717, 1.165) is 48.3 Å². The maximum Gasteiger partial charge on any atom is 0.282 e. The number of anilines is 2. The van der Waals surface area contributed by atoms with Crippen LogP contribution in [0.3, 0.4) is 0 Å². The fourth-order valence-corrected chi connectivity index (χ4v) is 4.23. The summed E-state index contributed by atoms with van der Waals surface area (Å²) in [7, 11) is 3.89. The fraction of sp³-hybridized carbons (Fsp3) is 0.333. The first kappa shape index (κ1) is 19.2. The quantitative estimate of drug-likeness (QED) is 0.747. The average Bonchev–Trinajstić information content (AvgIpc) is 3.28. The van der Waals surface area contributed by atoms with Crippen LogP contribution in [-0.2, 0) is 9.59 Å². The van der Waals surface area contributed by atoms with Crippen LogP contribution in [0.1, 0.15) is 29.5 Å². The lowest BCUT2D eigenvalue weighted by Gasteiger charge is -2.21. The summed E-state index contributed by atoms with van der Waals surface area (Å²) in [5.41, 5.74) is 5.65. The SMILES string of the molecule is Cc1ccc(C2=C(N3CCCC3)C(=O)N(c3cccc(N(C)C)c3)C2=O)c(C)c1. The highest BCUT2D eigenvalue weighted by Gasteiger charge is 2.43. The monoisotopic (exact) mass is 389 g/mol. The van der Waals surface area contributed by atoms with Crippen molar-refractivity contribution in [3.05, 3.63) is 64.9 Å². The Hall–Kier alpha value is -3.08. The zero-order valence-corrected chi connectivity index (χ0v) is 17.5. The molecule has 0 radical (unpaired) electrons. The van der Waals surface area contributed by atoms with Gasteiger partial charge in [0.05, 0.1) is 11.3 Å². The van der Waals surface area contributed by atoms with Crippen molar-refractivity contribution < 1.29 is 9.59 Å². The van der Waals surface area contributed by atoms with Crippen LogP contribution < -0.4 is 9.80 Å². The summed E-state index contributed by atoms with van der Waals surface area (Å²) in [4.78, 5) is 32.5. The molecular formula is C24H27N3O2. The number of hydrogen-bond acceptors (Lipinski definition) is 4. The third kappa shape index (κ3) is 3.31. The Balaban J connectivity index is 1.85. The van der Waals surface area contributed by atoms with Crippen LogP contribution in [0.5, 0.6) is 0 Å². The minimum atomic E-state index is -0.236. The molecule has 29 heavy (non-hydrogen) atoms. The van der Waals surface area contributed by atoms with Gasteiger partial charge in [-0.25, -0.2) is 4.90 Å². The number of carbonyl (C=O) groups excluding carboxylic acids is 2. The first-order valence-corrected chi connectivity index (χ1v) is 10.1. The van der Waals surface area contributed by atoms with Crippen molar-refractivity contribution in [3.8, 4) is 0 Å². The number of imide groups is 1. The average molecular weight is 389 g/mol. The summed E-state index contributed by atoms with van der Waals surface area (Å²) in [6, 6.07) is 13.6. The molecule has 2 amide bonds. The minimum Gasteiger partial charge on any atom is -0.378 e. The lowest BCUT2D eigenvalue weighted by Crippen LogP contribution is -2.34. The number of aryl methyl sites for hydroxylation is 2. The number of carbonyl (C=O) groups is 2. The molecule has 150 valence electrons. The summed E-state index contributed by atoms with van der Waals surface area (Å²) < 4.78 is 0. The van der Waals surface area contributed by atoms with E-state index in [9.17, 15) is 9.59 Å². The molecule has 2 aromatic rings. The number of benzene rings is 2. The summed E-state index contributed by atoms with van der Waals surface area (Å²) in [6.07, 6.45) is 2.09. The molecule has 0 N–H and O–H groups in total. The largest absolute Gasteiger partial charge is 0.378 e. The Morgan fingerprint density at radius 1 is 0.897 bits per heavy atom. The second-order valence-electron chi connectivity index (χ2n) is 8.10. The van der Waals surface area contributed by atoms with Gasteiger partial charge in [0.2, 0.25) is 0 Å². The van der Waals surface area contributed by atoms with Gasteiger partial charge in [-0.3, -0.25) is 9.59 Å². The van der Waals surface area contributed by atoms with Crippen molar-refractivity contribution >= 4 is 28.8 Å². The first-order valence-electron chi connectivity index (χ1n) is 10.1. The molecule has 0 saturated carbocycles. The van der Waals surface area contributed by atoms with Crippen molar-refractivity contribution in [2.75, 3.05) is 37.0 Å². The number of hydrogen-bond donors (Lipinski definition) is 0. The summed E-state index contributed by atoms with van der Waals surface area (Å²) in [5.74, 6) is -0.456. The van der Waals surface area contributed by atoms with Crippen LogP contribution in [0.2, 0.25) is 0 Å². The number of likely N-dealkylation sites (tertiary alicyclic amines) is 1. The fourth-order valence-electron chi connectivity index (χ4n) is 4.23. The normalized spacial score (nSPS) is 17.0. The smallest absolute Gasteiger partial charge is 0.282 e. The molecule has 0 spiro atoms. The highest BCUT2D eigenvalue weighted by molar-refractivity contribution is 6.45. The van der Waals surface area contributed by atoms with Gasteiger partial charge in [-0.1, -0.05) is 29.8 Å². The van der Waals surface area contributed by atoms with Crippen LogP contribution >= 0.6 is 0 Å². The zero-order chi connectivity index (χ0) is 20.7. The van der Waals surface area contributed by atoms with Gasteiger partial charge in [0.25, 0.3) is 11.8 Å². The van der Waals surface area contributed by atoms with E-state index in [1.54, 1.807) is 0 Å². The van der Waals surface area contributed by atoms with E-state index in [-0.39, 0.29) is 11.8 Å². The van der Waals surface area contributed by atoms with E-state index in [4.69, 9.17) is 0 Å². The molecule has 5 nitrogen and oxygen atoms in total. The minimum absolute atomic E-state index is 0.220. The third-order valence-corrected chi connectivity index (χ3v) is 5.74. The molecular weight excluding hydrogens is 362 g/mol. The lowest BCUT2D eigenvalue weighted by atomic mass is 9.97. The predicted molar refractivity (Wildman–Crippen MR) is 117 cm³/mol. The molecule has 5 heteroatoms. The second-order valence-corrected chi connectivity index (χ2v) is 8.10. The van der Waals surface area contributed by atoms with Gasteiger partial charge in [0.1, 0.15) is 5.70 Å². The van der Waals surface area contributed by atoms with Gasteiger partial charge in [0, 0.05) is 32.9 Å². The molecule has 0 atom stereocenters. The number of rotatable bonds is 4. The van der Waals surface area contributed by atoms with Gasteiger partial charge in [0.15, 0.2) is 0 Å². The topological polar surface area (TPSA) is 43.9 Å². The standard InChI is InChI=1S/C24H27N3O2/c1-16-10-11-20(17(2)14-16)21-22(26-12-5-6-13-26)24(29)27(23(21)28)19-9-7-8-18(15-19)25(3)4/h7-11,14-15H,5-6,12-13H2,1-4H3. The molecule has 2 aliphatic rings. The van der Waals surface area contributed by atoms with E-state index in [2.05, 4.69) is 11.0 Å². The summed E-state index contributed by atoms with van der Waals surface area (Å²) in [6.45, 7) is 5.67. The molecule has 1 fully saturated rings. The van der Waals surface area contributed by atoms with E-state index in [0.29, 0.717) is 17.0 Å². The van der Waals surface area contributed by atoms with Gasteiger partial charge >= 0.3 is 0 Å². The molecule has 1 saturated heterocycles. The zero-order valence-electron chi connectivity index (χ0n) is 17.5. The number of nitrogens with zero attached hydrogens (tertiary/aromatic N) is 3. The van der Waals surface area contributed by atoms with Gasteiger partial charge in [-0.05, 0) is 56.0 Å². The van der Waals surface area contributed by atoms with E-state index < -0.39 is 0 Å². The number of amides is 2. The summed E-state index contributed by atoms with van der Waals surface area (Å²) >= 11 is 0. The predicted octanol–water partition coefficient (Wildman–Crippen LogP) is 3.75. The van der Waals surface area contributed by atoms with Gasteiger partial charge in [-0.15, -0.1) is 0 Å².